The highest BCUT2D eigenvalue weighted by Gasteiger charge is 2.32. The van der Waals surface area contributed by atoms with Gasteiger partial charge in [0.2, 0.25) is 0 Å². The zero-order valence-electron chi connectivity index (χ0n) is 11.9. The Kier molecular flexibility index (Phi) is 5.80. The second-order valence-electron chi connectivity index (χ2n) is 5.84. The first-order chi connectivity index (χ1) is 8.78. The van der Waals surface area contributed by atoms with E-state index in [0.29, 0.717) is 4.75 Å². The number of likely N-dealkylation sites (tertiary alicyclic amines) is 2. The molecule has 2 aliphatic heterocycles. The van der Waals surface area contributed by atoms with Gasteiger partial charge in [0.25, 0.3) is 0 Å². The van der Waals surface area contributed by atoms with Gasteiger partial charge in [0.05, 0.1) is 0 Å². The molecule has 0 atom stereocenters. The van der Waals surface area contributed by atoms with Crippen molar-refractivity contribution < 1.29 is 0 Å². The second kappa shape index (κ2) is 7.13. The average Bonchev–Trinajstić information content (AvgIpc) is 2.93. The molecule has 0 aliphatic carbocycles. The van der Waals surface area contributed by atoms with Gasteiger partial charge in [0.15, 0.2) is 0 Å². The van der Waals surface area contributed by atoms with Crippen molar-refractivity contribution in [2.45, 2.75) is 36.9 Å². The molecule has 0 aromatic rings. The summed E-state index contributed by atoms with van der Waals surface area (Å²) in [6.07, 6.45) is 8.93. The largest absolute Gasteiger partial charge is 0.329 e. The Hall–Kier alpha value is 0.230. The molecule has 18 heavy (non-hydrogen) atoms. The summed E-state index contributed by atoms with van der Waals surface area (Å²) in [6.45, 7) is 8.60. The van der Waals surface area contributed by atoms with E-state index in [-0.39, 0.29) is 0 Å². The van der Waals surface area contributed by atoms with Crippen LogP contribution in [0.5, 0.6) is 0 Å². The normalized spacial score (nSPS) is 25.7. The summed E-state index contributed by atoms with van der Waals surface area (Å²) in [7, 11) is 0. The minimum atomic E-state index is 0.380. The van der Waals surface area contributed by atoms with E-state index in [9.17, 15) is 0 Å². The van der Waals surface area contributed by atoms with Gasteiger partial charge in [-0.25, -0.2) is 0 Å². The Morgan fingerprint density at radius 3 is 2.06 bits per heavy atom. The highest BCUT2D eigenvalue weighted by molar-refractivity contribution is 8.00. The minimum Gasteiger partial charge on any atom is -0.329 e. The van der Waals surface area contributed by atoms with Gasteiger partial charge in [-0.15, -0.1) is 0 Å². The fourth-order valence-corrected chi connectivity index (χ4v) is 3.96. The van der Waals surface area contributed by atoms with Gasteiger partial charge in [0.1, 0.15) is 0 Å². The van der Waals surface area contributed by atoms with Crippen LogP contribution in [0, 0.1) is 0 Å². The van der Waals surface area contributed by atoms with Crippen molar-refractivity contribution in [2.75, 3.05) is 52.1 Å². The van der Waals surface area contributed by atoms with E-state index in [2.05, 4.69) is 16.1 Å². The molecule has 0 radical (unpaired) electrons. The van der Waals surface area contributed by atoms with Crippen molar-refractivity contribution in [1.29, 1.82) is 0 Å². The van der Waals surface area contributed by atoms with Crippen LogP contribution in [0.3, 0.4) is 0 Å². The van der Waals surface area contributed by atoms with Crippen LogP contribution < -0.4 is 5.73 Å². The zero-order valence-corrected chi connectivity index (χ0v) is 12.7. The molecule has 0 aromatic heterocycles. The monoisotopic (exact) mass is 271 g/mol. The maximum atomic E-state index is 5.93. The zero-order chi connectivity index (χ0) is 12.8. The highest BCUT2D eigenvalue weighted by atomic mass is 32.2. The van der Waals surface area contributed by atoms with Gasteiger partial charge >= 0.3 is 0 Å². The van der Waals surface area contributed by atoms with E-state index in [0.717, 1.165) is 6.54 Å². The summed E-state index contributed by atoms with van der Waals surface area (Å²) < 4.78 is 0.380. The topological polar surface area (TPSA) is 32.5 Å². The van der Waals surface area contributed by atoms with E-state index in [1.807, 2.05) is 11.8 Å². The van der Waals surface area contributed by atoms with Gasteiger partial charge < -0.3 is 15.5 Å². The number of nitrogens with zero attached hydrogens (tertiary/aromatic N) is 2. The van der Waals surface area contributed by atoms with Crippen molar-refractivity contribution in [3.63, 3.8) is 0 Å². The first kappa shape index (κ1) is 14.6. The number of piperidine rings is 1. The van der Waals surface area contributed by atoms with E-state index < -0.39 is 0 Å². The molecule has 106 valence electrons. The fraction of sp³-hybridized carbons (Fsp3) is 1.00. The molecule has 0 aromatic carbocycles. The van der Waals surface area contributed by atoms with Gasteiger partial charge in [0, 0.05) is 11.3 Å². The van der Waals surface area contributed by atoms with Crippen molar-refractivity contribution >= 4 is 11.8 Å². The molecular formula is C14H29N3S. The Balaban J connectivity index is 1.61. The standard InChI is InChI=1S/C14H29N3S/c1-18-14(13-15)5-11-17(12-6-14)10-4-9-16-7-2-3-8-16/h2-13,15H2,1H3. The van der Waals surface area contributed by atoms with Gasteiger partial charge in [-0.1, -0.05) is 0 Å². The van der Waals surface area contributed by atoms with Crippen molar-refractivity contribution in [2.24, 2.45) is 5.73 Å². The highest BCUT2D eigenvalue weighted by Crippen LogP contribution is 2.33. The number of hydrogen-bond acceptors (Lipinski definition) is 4. The maximum absolute atomic E-state index is 5.93. The predicted molar refractivity (Wildman–Crippen MR) is 81.3 cm³/mol. The summed E-state index contributed by atoms with van der Waals surface area (Å²) in [5.41, 5.74) is 5.93. The van der Waals surface area contributed by atoms with Crippen LogP contribution in [0.2, 0.25) is 0 Å². The Labute approximate surface area is 116 Å². The lowest BCUT2D eigenvalue weighted by molar-refractivity contribution is 0.190. The number of nitrogens with two attached hydrogens (primary N) is 1. The van der Waals surface area contributed by atoms with Crippen molar-refractivity contribution in [3.05, 3.63) is 0 Å². The number of rotatable bonds is 6. The molecule has 0 bridgehead atoms. The van der Waals surface area contributed by atoms with Crippen LogP contribution in [0.15, 0.2) is 0 Å². The molecule has 2 rings (SSSR count). The first-order valence-corrected chi connectivity index (χ1v) is 8.70. The third-order valence-electron chi connectivity index (χ3n) is 4.72. The molecule has 2 N–H and O–H groups in total. The third kappa shape index (κ3) is 3.86. The summed E-state index contributed by atoms with van der Waals surface area (Å²) in [5, 5.41) is 0. The van der Waals surface area contributed by atoms with Crippen LogP contribution in [-0.4, -0.2) is 66.6 Å². The first-order valence-electron chi connectivity index (χ1n) is 7.48. The molecule has 4 heteroatoms. The van der Waals surface area contributed by atoms with Crippen LogP contribution >= 0.6 is 11.8 Å². The van der Waals surface area contributed by atoms with E-state index in [4.69, 9.17) is 5.73 Å². The van der Waals surface area contributed by atoms with Crippen LogP contribution in [-0.2, 0) is 0 Å². The fourth-order valence-electron chi connectivity index (χ4n) is 3.20. The molecule has 0 saturated carbocycles. The molecule has 2 heterocycles. The summed E-state index contributed by atoms with van der Waals surface area (Å²) in [6, 6.07) is 0. The Bertz CT molecular complexity index is 227. The number of hydrogen-bond donors (Lipinski definition) is 1. The average molecular weight is 271 g/mol. The van der Waals surface area contributed by atoms with Gasteiger partial charge in [-0.05, 0) is 77.6 Å². The van der Waals surface area contributed by atoms with Gasteiger partial charge in [-0.2, -0.15) is 11.8 Å². The lowest BCUT2D eigenvalue weighted by atomic mass is 9.95. The second-order valence-corrected chi connectivity index (χ2v) is 7.11. The van der Waals surface area contributed by atoms with E-state index >= 15 is 0 Å². The molecule has 2 fully saturated rings. The molecule has 2 saturated heterocycles. The molecule has 0 amide bonds. The van der Waals surface area contributed by atoms with Crippen LogP contribution in [0.1, 0.15) is 32.1 Å². The lowest BCUT2D eigenvalue weighted by Crippen LogP contribution is -2.46. The molecule has 3 nitrogen and oxygen atoms in total. The number of thioether (sulfide) groups is 1. The molecule has 2 aliphatic rings. The minimum absolute atomic E-state index is 0.380. The predicted octanol–water partition coefficient (Wildman–Crippen LogP) is 1.63. The SMILES string of the molecule is CSC1(CN)CCN(CCCN2CCCC2)CC1. The molecule has 0 spiro atoms. The van der Waals surface area contributed by atoms with E-state index in [1.165, 1.54) is 71.4 Å². The third-order valence-corrected chi connectivity index (χ3v) is 6.16. The van der Waals surface area contributed by atoms with Crippen molar-refractivity contribution in [3.8, 4) is 0 Å². The van der Waals surface area contributed by atoms with E-state index in [1.54, 1.807) is 0 Å². The van der Waals surface area contributed by atoms with Crippen molar-refractivity contribution in [1.82, 2.24) is 9.80 Å². The summed E-state index contributed by atoms with van der Waals surface area (Å²) in [4.78, 5) is 5.26. The smallest absolute Gasteiger partial charge is 0.0303 e. The molecule has 0 unspecified atom stereocenters. The Morgan fingerprint density at radius 2 is 1.56 bits per heavy atom. The maximum Gasteiger partial charge on any atom is 0.0303 e. The quantitative estimate of drug-likeness (QED) is 0.796. The Morgan fingerprint density at radius 1 is 1.00 bits per heavy atom. The molecular weight excluding hydrogens is 242 g/mol. The van der Waals surface area contributed by atoms with Crippen LogP contribution in [0.4, 0.5) is 0 Å². The van der Waals surface area contributed by atoms with Crippen LogP contribution in [0.25, 0.3) is 0 Å². The van der Waals surface area contributed by atoms with Gasteiger partial charge in [-0.3, -0.25) is 0 Å². The summed E-state index contributed by atoms with van der Waals surface area (Å²) in [5.74, 6) is 0. The summed E-state index contributed by atoms with van der Waals surface area (Å²) >= 11 is 1.98. The lowest BCUT2D eigenvalue weighted by Gasteiger charge is -2.40.